The summed E-state index contributed by atoms with van der Waals surface area (Å²) >= 11 is 1.78. The van der Waals surface area contributed by atoms with Gasteiger partial charge in [0, 0.05) is 39.8 Å². The van der Waals surface area contributed by atoms with Crippen molar-refractivity contribution in [2.75, 3.05) is 12.8 Å². The molecule has 0 bridgehead atoms. The zero-order chi connectivity index (χ0) is 11.4. The predicted octanol–water partition coefficient (Wildman–Crippen LogP) is 2.47. The molecule has 0 fully saturated rings. The van der Waals surface area contributed by atoms with Crippen molar-refractivity contribution in [1.82, 2.24) is 5.32 Å². The van der Waals surface area contributed by atoms with Gasteiger partial charge in [0.25, 0.3) is 0 Å². The van der Waals surface area contributed by atoms with Gasteiger partial charge in [-0.2, -0.15) is 0 Å². The average Bonchev–Trinajstić information content (AvgIpc) is 2.60. The van der Waals surface area contributed by atoms with Crippen LogP contribution in [0.3, 0.4) is 0 Å². The van der Waals surface area contributed by atoms with E-state index in [4.69, 9.17) is 0 Å². The number of hydrogen-bond donors (Lipinski definition) is 1. The molecule has 0 aromatic carbocycles. The highest BCUT2D eigenvalue weighted by molar-refractivity contribution is 7.84. The second-order valence-electron chi connectivity index (χ2n) is 3.91. The zero-order valence-electron chi connectivity index (χ0n) is 9.74. The van der Waals surface area contributed by atoms with Crippen LogP contribution in [0.15, 0.2) is 11.4 Å². The number of nitrogens with one attached hydrogen (secondary N) is 1. The van der Waals surface area contributed by atoms with Gasteiger partial charge in [-0.1, -0.05) is 0 Å². The van der Waals surface area contributed by atoms with E-state index in [0.717, 1.165) is 6.54 Å². The van der Waals surface area contributed by atoms with Crippen molar-refractivity contribution >= 4 is 22.1 Å². The summed E-state index contributed by atoms with van der Waals surface area (Å²) in [4.78, 5) is 1.38. The van der Waals surface area contributed by atoms with E-state index >= 15 is 0 Å². The van der Waals surface area contributed by atoms with Gasteiger partial charge >= 0.3 is 0 Å². The Bertz CT molecular complexity index is 335. The maximum absolute atomic E-state index is 11.2. The third kappa shape index (κ3) is 3.70. The van der Waals surface area contributed by atoms with Crippen molar-refractivity contribution in [2.45, 2.75) is 32.1 Å². The lowest BCUT2D eigenvalue weighted by Gasteiger charge is -2.16. The van der Waals surface area contributed by atoms with Crippen LogP contribution in [0.2, 0.25) is 0 Å². The van der Waals surface area contributed by atoms with Crippen LogP contribution in [0.25, 0.3) is 0 Å². The molecule has 1 N–H and O–H groups in total. The monoisotopic (exact) mass is 245 g/mol. The summed E-state index contributed by atoms with van der Waals surface area (Å²) in [5.74, 6) is 0. The van der Waals surface area contributed by atoms with Crippen LogP contribution in [0.4, 0.5) is 0 Å². The molecule has 0 amide bonds. The first-order chi connectivity index (χ1) is 7.02. The van der Waals surface area contributed by atoms with E-state index < -0.39 is 10.8 Å². The fraction of sp³-hybridized carbons (Fsp3) is 0.636. The van der Waals surface area contributed by atoms with Crippen LogP contribution in [0, 0.1) is 6.92 Å². The van der Waals surface area contributed by atoms with E-state index in [2.05, 4.69) is 30.6 Å². The molecule has 0 unspecified atom stereocenters. The summed E-state index contributed by atoms with van der Waals surface area (Å²) in [7, 11) is -0.738. The van der Waals surface area contributed by atoms with Crippen molar-refractivity contribution in [3.63, 3.8) is 0 Å². The lowest BCUT2D eigenvalue weighted by atomic mass is 10.2. The van der Waals surface area contributed by atoms with Crippen LogP contribution in [-0.2, 0) is 10.8 Å². The molecule has 3 atom stereocenters. The highest BCUT2D eigenvalue weighted by atomic mass is 32.2. The molecule has 1 rings (SSSR count). The minimum atomic E-state index is -0.738. The molecule has 86 valence electrons. The number of thiophene rings is 1. The van der Waals surface area contributed by atoms with Crippen LogP contribution in [-0.4, -0.2) is 22.3 Å². The molecule has 0 radical (unpaired) electrons. The summed E-state index contributed by atoms with van der Waals surface area (Å²) in [5, 5.41) is 5.76. The van der Waals surface area contributed by atoms with Crippen molar-refractivity contribution < 1.29 is 4.21 Å². The molecule has 2 nitrogen and oxygen atoms in total. The van der Waals surface area contributed by atoms with Gasteiger partial charge in [-0.05, 0) is 37.8 Å². The van der Waals surface area contributed by atoms with Gasteiger partial charge in [0.15, 0.2) is 0 Å². The van der Waals surface area contributed by atoms with Gasteiger partial charge in [-0.25, -0.2) is 0 Å². The maximum Gasteiger partial charge on any atom is 0.0441 e. The molecule has 0 aliphatic heterocycles. The summed E-state index contributed by atoms with van der Waals surface area (Å²) in [5.41, 5.74) is 1.34. The van der Waals surface area contributed by atoms with E-state index in [1.165, 1.54) is 10.4 Å². The molecule has 0 spiro atoms. The molecule has 1 aromatic heterocycles. The third-order valence-electron chi connectivity index (χ3n) is 2.57. The van der Waals surface area contributed by atoms with Crippen LogP contribution >= 0.6 is 11.3 Å². The molecule has 0 saturated carbocycles. The van der Waals surface area contributed by atoms with Gasteiger partial charge in [0.05, 0.1) is 0 Å². The summed E-state index contributed by atoms with van der Waals surface area (Å²) in [6, 6.07) is 2.50. The number of hydrogen-bond acceptors (Lipinski definition) is 3. The second-order valence-corrected chi connectivity index (χ2v) is 6.66. The van der Waals surface area contributed by atoms with Crippen LogP contribution in [0.1, 0.15) is 30.3 Å². The summed E-state index contributed by atoms with van der Waals surface area (Å²) in [6.07, 6.45) is 1.76. The molecule has 4 heteroatoms. The Balaban J connectivity index is 2.47. The van der Waals surface area contributed by atoms with Crippen molar-refractivity contribution in [3.05, 3.63) is 21.9 Å². The minimum absolute atomic E-state index is 0.215. The third-order valence-corrected chi connectivity index (χ3v) is 5.07. The topological polar surface area (TPSA) is 29.1 Å². The van der Waals surface area contributed by atoms with Crippen molar-refractivity contribution in [3.8, 4) is 0 Å². The summed E-state index contributed by atoms with van der Waals surface area (Å²) < 4.78 is 11.2. The fourth-order valence-electron chi connectivity index (χ4n) is 1.38. The minimum Gasteiger partial charge on any atom is -0.308 e. The molecule has 0 aliphatic rings. The standard InChI is InChI=1S/C11H19NOS2/c1-8-5-6-14-11(8)10(3)12-7-9(2)15(4)13/h5-6,9-10,12H,7H2,1-4H3/t9-,10+,15+/m1/s1. The largest absolute Gasteiger partial charge is 0.308 e. The Morgan fingerprint density at radius 2 is 2.20 bits per heavy atom. The highest BCUT2D eigenvalue weighted by Crippen LogP contribution is 2.23. The smallest absolute Gasteiger partial charge is 0.0441 e. The van der Waals surface area contributed by atoms with Crippen molar-refractivity contribution in [1.29, 1.82) is 0 Å². The molecule has 1 aromatic rings. The van der Waals surface area contributed by atoms with Crippen LogP contribution in [0.5, 0.6) is 0 Å². The van der Waals surface area contributed by atoms with Gasteiger partial charge in [0.2, 0.25) is 0 Å². The van der Waals surface area contributed by atoms with Crippen molar-refractivity contribution in [2.24, 2.45) is 0 Å². The van der Waals surface area contributed by atoms with Gasteiger partial charge in [-0.15, -0.1) is 11.3 Å². The van der Waals surface area contributed by atoms with Gasteiger partial charge in [0.1, 0.15) is 0 Å². The fourth-order valence-corrected chi connectivity index (χ4v) is 2.67. The summed E-state index contributed by atoms with van der Waals surface area (Å²) in [6.45, 7) is 7.11. The van der Waals surface area contributed by atoms with E-state index in [0.29, 0.717) is 6.04 Å². The average molecular weight is 245 g/mol. The van der Waals surface area contributed by atoms with E-state index in [9.17, 15) is 4.21 Å². The Morgan fingerprint density at radius 1 is 1.53 bits per heavy atom. The first-order valence-electron chi connectivity index (χ1n) is 5.12. The van der Waals surface area contributed by atoms with Gasteiger partial charge < -0.3 is 5.32 Å². The normalized spacial score (nSPS) is 17.3. The predicted molar refractivity (Wildman–Crippen MR) is 69.0 cm³/mol. The Morgan fingerprint density at radius 3 is 2.67 bits per heavy atom. The maximum atomic E-state index is 11.2. The highest BCUT2D eigenvalue weighted by Gasteiger charge is 2.12. The first kappa shape index (κ1) is 12.9. The molecular weight excluding hydrogens is 226 g/mol. The van der Waals surface area contributed by atoms with E-state index in [-0.39, 0.29) is 5.25 Å². The quantitative estimate of drug-likeness (QED) is 0.863. The van der Waals surface area contributed by atoms with Gasteiger partial charge in [-0.3, -0.25) is 4.21 Å². The molecule has 0 aliphatic carbocycles. The lowest BCUT2D eigenvalue weighted by molar-refractivity contribution is 0.574. The van der Waals surface area contributed by atoms with Crippen LogP contribution < -0.4 is 5.32 Å². The van der Waals surface area contributed by atoms with E-state index in [1.807, 2.05) is 6.92 Å². The molecule has 15 heavy (non-hydrogen) atoms. The Hall–Kier alpha value is -0.190. The number of aryl methyl sites for hydroxylation is 1. The second kappa shape index (κ2) is 5.77. The molecule has 0 saturated heterocycles. The Labute approximate surface area is 98.6 Å². The number of rotatable bonds is 5. The molecule has 1 heterocycles. The molecular formula is C11H19NOS2. The zero-order valence-corrected chi connectivity index (χ0v) is 11.4. The SMILES string of the molecule is Cc1ccsc1[C@H](C)NC[C@@H](C)[S@](C)=O. The Kier molecular flexibility index (Phi) is 4.96. The van der Waals surface area contributed by atoms with E-state index in [1.54, 1.807) is 17.6 Å². The first-order valence-corrected chi connectivity index (χ1v) is 7.62. The lowest BCUT2D eigenvalue weighted by Crippen LogP contribution is -2.29.